The second-order valence-electron chi connectivity index (χ2n) is 11.0. The van der Waals surface area contributed by atoms with Gasteiger partial charge in [0, 0.05) is 25.6 Å². The standard InChI is InChI=1S/C35H44N6O5S2/c1-4-33(43)46-23-12-10-8-6-7-9-11-22-45-30-19-15-28(16-20-30)37-39-32-25-31-34(48-32)36-35(47-31)40-38-27-13-17-29(18-14-27)41(5-2)21-24-44-26(3)42/h13-20,25H,4-12,21-24H2,1-3H3. The molecule has 11 nitrogen and oxygen atoms in total. The summed E-state index contributed by atoms with van der Waals surface area (Å²) in [5.74, 6) is 0.439. The molecule has 0 N–H and O–H groups in total. The van der Waals surface area contributed by atoms with Crippen molar-refractivity contribution >= 4 is 71.3 Å². The van der Waals surface area contributed by atoms with Crippen LogP contribution in [0.2, 0.25) is 0 Å². The van der Waals surface area contributed by atoms with E-state index in [9.17, 15) is 9.59 Å². The van der Waals surface area contributed by atoms with E-state index in [4.69, 9.17) is 14.2 Å². The highest BCUT2D eigenvalue weighted by atomic mass is 32.1. The number of ether oxygens (including phenoxy) is 3. The second-order valence-corrected chi connectivity index (χ2v) is 13.0. The van der Waals surface area contributed by atoms with E-state index < -0.39 is 0 Å². The van der Waals surface area contributed by atoms with Crippen molar-refractivity contribution in [3.63, 3.8) is 0 Å². The molecule has 0 spiro atoms. The van der Waals surface area contributed by atoms with Gasteiger partial charge in [0.25, 0.3) is 0 Å². The minimum Gasteiger partial charge on any atom is -0.494 e. The third-order valence-electron chi connectivity index (χ3n) is 7.29. The van der Waals surface area contributed by atoms with Crippen LogP contribution < -0.4 is 9.64 Å². The maximum absolute atomic E-state index is 11.1. The topological polar surface area (TPSA) is 127 Å². The number of carbonyl (C=O) groups excluding carboxylic acids is 2. The lowest BCUT2D eigenvalue weighted by molar-refractivity contribution is -0.143. The van der Waals surface area contributed by atoms with E-state index in [1.165, 1.54) is 48.9 Å². The van der Waals surface area contributed by atoms with Crippen molar-refractivity contribution in [3.05, 3.63) is 54.6 Å². The zero-order chi connectivity index (χ0) is 34.0. The summed E-state index contributed by atoms with van der Waals surface area (Å²) in [5, 5.41) is 18.8. The Kier molecular flexibility index (Phi) is 15.4. The molecule has 2 aromatic carbocycles. The number of thiophene rings is 1. The van der Waals surface area contributed by atoms with Gasteiger partial charge in [-0.2, -0.15) is 0 Å². The third kappa shape index (κ3) is 12.8. The Morgan fingerprint density at radius 2 is 1.40 bits per heavy atom. The van der Waals surface area contributed by atoms with Gasteiger partial charge in [-0.25, -0.2) is 4.98 Å². The summed E-state index contributed by atoms with van der Waals surface area (Å²) in [7, 11) is 0. The van der Waals surface area contributed by atoms with Crippen molar-refractivity contribution in [1.82, 2.24) is 4.98 Å². The number of carbonyl (C=O) groups is 2. The molecule has 0 amide bonds. The van der Waals surface area contributed by atoms with E-state index in [0.717, 1.165) is 69.6 Å². The molecule has 2 heterocycles. The first-order valence-corrected chi connectivity index (χ1v) is 18.2. The Morgan fingerprint density at radius 1 is 0.750 bits per heavy atom. The molecule has 256 valence electrons. The number of unbranched alkanes of at least 4 members (excludes halogenated alkanes) is 6. The molecule has 0 aliphatic rings. The summed E-state index contributed by atoms with van der Waals surface area (Å²) in [6.45, 7) is 8.30. The van der Waals surface area contributed by atoms with Crippen LogP contribution in [0.15, 0.2) is 75.1 Å². The molecule has 0 radical (unpaired) electrons. The molecular weight excluding hydrogens is 649 g/mol. The van der Waals surface area contributed by atoms with E-state index in [-0.39, 0.29) is 11.9 Å². The smallest absolute Gasteiger partial charge is 0.305 e. The van der Waals surface area contributed by atoms with E-state index in [1.54, 1.807) is 0 Å². The van der Waals surface area contributed by atoms with Crippen LogP contribution in [-0.4, -0.2) is 49.8 Å². The number of nitrogens with zero attached hydrogens (tertiary/aromatic N) is 6. The van der Waals surface area contributed by atoms with Crippen LogP contribution in [0.25, 0.3) is 9.53 Å². The number of azo groups is 2. The van der Waals surface area contributed by atoms with E-state index in [2.05, 4.69) is 37.3 Å². The van der Waals surface area contributed by atoms with Crippen molar-refractivity contribution in [3.8, 4) is 5.75 Å². The van der Waals surface area contributed by atoms with Gasteiger partial charge in [0.2, 0.25) is 5.13 Å². The summed E-state index contributed by atoms with van der Waals surface area (Å²) < 4.78 is 17.0. The fraction of sp³-hybridized carbons (Fsp3) is 0.457. The zero-order valence-electron chi connectivity index (χ0n) is 27.9. The SMILES string of the molecule is CCC(=O)OCCCCCCCCCOc1ccc(N=Nc2cc3sc(N=Nc4ccc(N(CC)CCOC(C)=O)cc4)nc3s2)cc1. The lowest BCUT2D eigenvalue weighted by atomic mass is 10.1. The van der Waals surface area contributed by atoms with Crippen molar-refractivity contribution in [2.75, 3.05) is 37.8 Å². The van der Waals surface area contributed by atoms with Gasteiger partial charge in [0.05, 0.1) is 35.8 Å². The summed E-state index contributed by atoms with van der Waals surface area (Å²) in [6.07, 6.45) is 8.22. The molecular formula is C35H44N6O5S2. The monoisotopic (exact) mass is 692 g/mol. The first kappa shape index (κ1) is 36.6. The van der Waals surface area contributed by atoms with Crippen molar-refractivity contribution in [1.29, 1.82) is 0 Å². The fourth-order valence-electron chi connectivity index (χ4n) is 4.69. The van der Waals surface area contributed by atoms with Crippen LogP contribution in [0.5, 0.6) is 5.75 Å². The molecule has 0 saturated carbocycles. The van der Waals surface area contributed by atoms with E-state index >= 15 is 0 Å². The molecule has 2 aromatic heterocycles. The van der Waals surface area contributed by atoms with Gasteiger partial charge in [-0.15, -0.1) is 20.5 Å². The number of anilines is 1. The average Bonchev–Trinajstić information content (AvgIpc) is 3.66. The van der Waals surface area contributed by atoms with Crippen LogP contribution in [0, 0.1) is 0 Å². The normalized spacial score (nSPS) is 11.5. The lowest BCUT2D eigenvalue weighted by Gasteiger charge is -2.22. The molecule has 0 atom stereocenters. The van der Waals surface area contributed by atoms with E-state index in [1.807, 2.05) is 61.5 Å². The molecule has 4 rings (SSSR count). The Labute approximate surface area is 290 Å². The highest BCUT2D eigenvalue weighted by Crippen LogP contribution is 2.39. The molecule has 0 saturated heterocycles. The summed E-state index contributed by atoms with van der Waals surface area (Å²) in [6, 6.07) is 17.4. The molecule has 0 aliphatic heterocycles. The van der Waals surface area contributed by atoms with Crippen molar-refractivity contribution in [2.24, 2.45) is 20.5 Å². The van der Waals surface area contributed by atoms with Gasteiger partial charge in [0.15, 0.2) is 0 Å². The third-order valence-corrected chi connectivity index (χ3v) is 9.22. The molecule has 48 heavy (non-hydrogen) atoms. The molecule has 0 bridgehead atoms. The van der Waals surface area contributed by atoms with Gasteiger partial charge >= 0.3 is 11.9 Å². The van der Waals surface area contributed by atoms with Gasteiger partial charge in [-0.1, -0.05) is 61.7 Å². The van der Waals surface area contributed by atoms with Gasteiger partial charge in [0.1, 0.15) is 22.2 Å². The number of fused-ring (bicyclic) bond motifs is 1. The number of hydrogen-bond acceptors (Lipinski definition) is 13. The lowest BCUT2D eigenvalue weighted by Crippen LogP contribution is -2.27. The summed E-state index contributed by atoms with van der Waals surface area (Å²) in [4.78, 5) is 29.7. The minimum atomic E-state index is -0.274. The Balaban J connectivity index is 1.15. The number of thiazole rings is 1. The first-order valence-electron chi connectivity index (χ1n) is 16.5. The van der Waals surface area contributed by atoms with Crippen LogP contribution in [-0.2, 0) is 19.1 Å². The minimum absolute atomic E-state index is 0.114. The Morgan fingerprint density at radius 3 is 2.04 bits per heavy atom. The van der Waals surface area contributed by atoms with Gasteiger partial charge in [-0.3, -0.25) is 9.59 Å². The number of rotatable bonds is 21. The summed E-state index contributed by atoms with van der Waals surface area (Å²) in [5.41, 5.74) is 2.51. The maximum atomic E-state index is 11.1. The highest BCUT2D eigenvalue weighted by Gasteiger charge is 2.09. The van der Waals surface area contributed by atoms with Crippen LogP contribution in [0.4, 0.5) is 27.2 Å². The highest BCUT2D eigenvalue weighted by molar-refractivity contribution is 7.30. The molecule has 4 aromatic rings. The number of esters is 2. The first-order chi connectivity index (χ1) is 23.4. The predicted molar refractivity (Wildman–Crippen MR) is 192 cm³/mol. The van der Waals surface area contributed by atoms with Crippen LogP contribution in [0.3, 0.4) is 0 Å². The molecule has 13 heteroatoms. The Bertz CT molecular complexity index is 1590. The fourth-order valence-corrected chi connectivity index (χ4v) is 6.54. The largest absolute Gasteiger partial charge is 0.494 e. The zero-order valence-corrected chi connectivity index (χ0v) is 29.6. The van der Waals surface area contributed by atoms with Crippen LogP contribution >= 0.6 is 22.7 Å². The molecule has 0 fully saturated rings. The molecule has 0 unspecified atom stereocenters. The number of hydrogen-bond donors (Lipinski definition) is 0. The van der Waals surface area contributed by atoms with Crippen molar-refractivity contribution in [2.45, 2.75) is 72.1 Å². The Hall–Kier alpha value is -4.23. The second kappa shape index (κ2) is 20.2. The predicted octanol–water partition coefficient (Wildman–Crippen LogP) is 10.6. The van der Waals surface area contributed by atoms with Crippen molar-refractivity contribution < 1.29 is 23.8 Å². The number of likely N-dealkylation sites (N-methyl/N-ethyl adjacent to an activating group) is 1. The average molecular weight is 693 g/mol. The van der Waals surface area contributed by atoms with E-state index in [0.29, 0.717) is 37.9 Å². The van der Waals surface area contributed by atoms with Gasteiger partial charge < -0.3 is 19.1 Å². The maximum Gasteiger partial charge on any atom is 0.305 e. The molecule has 0 aliphatic carbocycles. The van der Waals surface area contributed by atoms with Gasteiger partial charge in [-0.05, 0) is 74.4 Å². The number of benzene rings is 2. The number of aromatic nitrogens is 1. The quantitative estimate of drug-likeness (QED) is 0.0483. The summed E-state index contributed by atoms with van der Waals surface area (Å²) >= 11 is 2.92. The van der Waals surface area contributed by atoms with Crippen LogP contribution in [0.1, 0.15) is 72.1 Å².